The lowest BCUT2D eigenvalue weighted by Crippen LogP contribution is -2.41. The molecule has 0 bridgehead atoms. The molecule has 25 heavy (non-hydrogen) atoms. The fourth-order valence-electron chi connectivity index (χ4n) is 3.00. The molecule has 1 aliphatic rings. The van der Waals surface area contributed by atoms with Crippen molar-refractivity contribution in [3.05, 3.63) is 58.0 Å². The van der Waals surface area contributed by atoms with Crippen LogP contribution in [0.4, 0.5) is 0 Å². The van der Waals surface area contributed by atoms with Crippen LogP contribution in [0.2, 0.25) is 5.02 Å². The zero-order valence-electron chi connectivity index (χ0n) is 13.7. The molecule has 1 amide bonds. The summed E-state index contributed by atoms with van der Waals surface area (Å²) in [5.74, 6) is 0.650. The van der Waals surface area contributed by atoms with E-state index in [0.29, 0.717) is 22.7 Å². The van der Waals surface area contributed by atoms with Gasteiger partial charge in [0, 0.05) is 28.6 Å². The van der Waals surface area contributed by atoms with E-state index < -0.39 is 5.97 Å². The molecule has 1 aromatic heterocycles. The summed E-state index contributed by atoms with van der Waals surface area (Å²) in [5, 5.41) is 9.70. The number of amides is 1. The van der Waals surface area contributed by atoms with Gasteiger partial charge in [-0.05, 0) is 24.6 Å². The summed E-state index contributed by atoms with van der Waals surface area (Å²) in [6, 6.07) is 7.42. The van der Waals surface area contributed by atoms with Gasteiger partial charge >= 0.3 is 5.97 Å². The van der Waals surface area contributed by atoms with Gasteiger partial charge in [0.25, 0.3) is 5.91 Å². The van der Waals surface area contributed by atoms with Crippen molar-refractivity contribution in [1.82, 2.24) is 4.90 Å². The first-order valence-corrected chi connectivity index (χ1v) is 9.43. The molecule has 3 rings (SSSR count). The third-order valence-electron chi connectivity index (χ3n) is 4.22. The van der Waals surface area contributed by atoms with Gasteiger partial charge in [-0.15, -0.1) is 0 Å². The van der Waals surface area contributed by atoms with Gasteiger partial charge in [0.15, 0.2) is 0 Å². The van der Waals surface area contributed by atoms with E-state index in [-0.39, 0.29) is 24.1 Å². The third kappa shape index (κ3) is 3.85. The minimum Gasteiger partial charge on any atom is -0.481 e. The number of thioether (sulfide) groups is 1. The van der Waals surface area contributed by atoms with Gasteiger partial charge in [-0.25, -0.2) is 0 Å². The van der Waals surface area contributed by atoms with Gasteiger partial charge < -0.3 is 14.4 Å². The Hall–Kier alpha value is -1.92. The second-order valence-electron chi connectivity index (χ2n) is 5.93. The lowest BCUT2D eigenvalue weighted by atomic mass is 10.0. The van der Waals surface area contributed by atoms with E-state index in [4.69, 9.17) is 21.1 Å². The number of carbonyl (C=O) groups excluding carboxylic acids is 1. The molecule has 0 radical (unpaired) electrons. The number of hydrogen-bond acceptors (Lipinski definition) is 4. The molecular weight excluding hydrogens is 362 g/mol. The molecule has 132 valence electrons. The summed E-state index contributed by atoms with van der Waals surface area (Å²) in [6.45, 7) is 2.37. The van der Waals surface area contributed by atoms with Crippen molar-refractivity contribution in [2.24, 2.45) is 0 Å². The number of nitrogens with zero attached hydrogens (tertiary/aromatic N) is 1. The van der Waals surface area contributed by atoms with Crippen LogP contribution in [0.5, 0.6) is 0 Å². The van der Waals surface area contributed by atoms with E-state index in [2.05, 4.69) is 0 Å². The minimum atomic E-state index is -1.02. The highest BCUT2D eigenvalue weighted by Gasteiger charge is 2.32. The number of carboxylic acids is 1. The molecular formula is C18H18ClNO4S. The first-order chi connectivity index (χ1) is 12.0. The van der Waals surface area contributed by atoms with Gasteiger partial charge in [-0.1, -0.05) is 23.7 Å². The standard InChI is InChI=1S/C18H18ClNO4S/c1-11-9-24-15(8-16(21)22)17(11)18(23)20-6-7-25-10-14(20)12-2-4-13(19)5-3-12/h2-5,9,14H,6-8,10H2,1H3,(H,21,22). The topological polar surface area (TPSA) is 70.7 Å². The highest BCUT2D eigenvalue weighted by molar-refractivity contribution is 7.99. The average molecular weight is 380 g/mol. The maximum atomic E-state index is 13.2. The van der Waals surface area contributed by atoms with Crippen molar-refractivity contribution in [2.45, 2.75) is 19.4 Å². The fourth-order valence-corrected chi connectivity index (χ4v) is 4.22. The molecule has 5 nitrogen and oxygen atoms in total. The van der Waals surface area contributed by atoms with Crippen molar-refractivity contribution >= 4 is 35.2 Å². The summed E-state index contributed by atoms with van der Waals surface area (Å²) >= 11 is 7.76. The van der Waals surface area contributed by atoms with Gasteiger partial charge in [-0.3, -0.25) is 9.59 Å². The number of benzene rings is 1. The number of halogens is 1. The lowest BCUT2D eigenvalue weighted by molar-refractivity contribution is -0.136. The number of aliphatic carboxylic acids is 1. The van der Waals surface area contributed by atoms with Gasteiger partial charge in [0.05, 0.1) is 17.9 Å². The van der Waals surface area contributed by atoms with Crippen molar-refractivity contribution in [3.63, 3.8) is 0 Å². The first kappa shape index (κ1) is 17.9. The number of hydrogen-bond donors (Lipinski definition) is 1. The minimum absolute atomic E-state index is 0.0736. The molecule has 2 heterocycles. The van der Waals surface area contributed by atoms with Crippen LogP contribution in [-0.4, -0.2) is 39.9 Å². The van der Waals surface area contributed by atoms with Crippen LogP contribution in [0.15, 0.2) is 34.9 Å². The van der Waals surface area contributed by atoms with Gasteiger partial charge in [-0.2, -0.15) is 11.8 Å². The molecule has 1 aliphatic heterocycles. The third-order valence-corrected chi connectivity index (χ3v) is 5.50. The summed E-state index contributed by atoms with van der Waals surface area (Å²) in [6.07, 6.45) is 1.14. The van der Waals surface area contributed by atoms with Crippen molar-refractivity contribution in [3.8, 4) is 0 Å². The number of carboxylic acid groups (broad SMARTS) is 1. The molecule has 0 aliphatic carbocycles. The van der Waals surface area contributed by atoms with E-state index in [9.17, 15) is 9.59 Å². The molecule has 2 aromatic rings. The number of aryl methyl sites for hydroxylation is 1. The average Bonchev–Trinajstić information content (AvgIpc) is 2.94. The highest BCUT2D eigenvalue weighted by atomic mass is 35.5. The summed E-state index contributed by atoms with van der Waals surface area (Å²) in [5.41, 5.74) is 2.05. The molecule has 7 heteroatoms. The maximum absolute atomic E-state index is 13.2. The zero-order chi connectivity index (χ0) is 18.0. The Bertz CT molecular complexity index is 787. The van der Waals surface area contributed by atoms with Crippen LogP contribution in [0.3, 0.4) is 0 Å². The van der Waals surface area contributed by atoms with Crippen LogP contribution in [-0.2, 0) is 11.2 Å². The molecule has 1 N–H and O–H groups in total. The highest BCUT2D eigenvalue weighted by Crippen LogP contribution is 2.33. The normalized spacial score (nSPS) is 17.5. The smallest absolute Gasteiger partial charge is 0.311 e. The van der Waals surface area contributed by atoms with Crippen LogP contribution >= 0.6 is 23.4 Å². The Morgan fingerprint density at radius 3 is 2.76 bits per heavy atom. The largest absolute Gasteiger partial charge is 0.481 e. The molecule has 1 fully saturated rings. The Morgan fingerprint density at radius 2 is 2.08 bits per heavy atom. The van der Waals surface area contributed by atoms with E-state index in [1.165, 1.54) is 6.26 Å². The van der Waals surface area contributed by atoms with E-state index in [1.807, 2.05) is 29.2 Å². The van der Waals surface area contributed by atoms with Crippen molar-refractivity contribution in [2.75, 3.05) is 18.1 Å². The Kier molecular flexibility index (Phi) is 5.39. The monoisotopic (exact) mass is 379 g/mol. The number of carbonyl (C=O) groups is 2. The van der Waals surface area contributed by atoms with Crippen LogP contribution in [0.25, 0.3) is 0 Å². The van der Waals surface area contributed by atoms with E-state index in [0.717, 1.165) is 17.1 Å². The van der Waals surface area contributed by atoms with Crippen molar-refractivity contribution in [1.29, 1.82) is 0 Å². The maximum Gasteiger partial charge on any atom is 0.311 e. The second kappa shape index (κ2) is 7.54. The predicted molar refractivity (Wildman–Crippen MR) is 97.3 cm³/mol. The first-order valence-electron chi connectivity index (χ1n) is 7.90. The number of furan rings is 1. The van der Waals surface area contributed by atoms with Crippen LogP contribution in [0.1, 0.15) is 33.3 Å². The quantitative estimate of drug-likeness (QED) is 0.874. The SMILES string of the molecule is Cc1coc(CC(=O)O)c1C(=O)N1CCSCC1c1ccc(Cl)cc1. The predicted octanol–water partition coefficient (Wildman–Crippen LogP) is 3.80. The summed E-state index contributed by atoms with van der Waals surface area (Å²) in [4.78, 5) is 26.0. The Morgan fingerprint density at radius 1 is 1.36 bits per heavy atom. The zero-order valence-corrected chi connectivity index (χ0v) is 15.3. The Balaban J connectivity index is 1.93. The molecule has 0 spiro atoms. The molecule has 0 saturated carbocycles. The summed E-state index contributed by atoms with van der Waals surface area (Å²) in [7, 11) is 0. The second-order valence-corrected chi connectivity index (χ2v) is 7.51. The van der Waals surface area contributed by atoms with Crippen LogP contribution in [0, 0.1) is 6.92 Å². The molecule has 1 atom stereocenters. The van der Waals surface area contributed by atoms with Crippen molar-refractivity contribution < 1.29 is 19.1 Å². The lowest BCUT2D eigenvalue weighted by Gasteiger charge is -2.36. The fraction of sp³-hybridized carbons (Fsp3) is 0.333. The molecule has 1 aromatic carbocycles. The van der Waals surface area contributed by atoms with Gasteiger partial charge in [0.2, 0.25) is 0 Å². The summed E-state index contributed by atoms with van der Waals surface area (Å²) < 4.78 is 5.32. The molecule has 1 saturated heterocycles. The van der Waals surface area contributed by atoms with Gasteiger partial charge in [0.1, 0.15) is 12.2 Å². The van der Waals surface area contributed by atoms with E-state index >= 15 is 0 Å². The van der Waals surface area contributed by atoms with E-state index in [1.54, 1.807) is 18.7 Å². The Labute approximate surface area is 155 Å². The number of rotatable bonds is 4. The molecule has 1 unspecified atom stereocenters. The van der Waals surface area contributed by atoms with Crippen LogP contribution < -0.4 is 0 Å².